The highest BCUT2D eigenvalue weighted by molar-refractivity contribution is 7.81. The summed E-state index contributed by atoms with van der Waals surface area (Å²) in [5.41, 5.74) is 0. The van der Waals surface area contributed by atoms with Crippen LogP contribution in [-0.4, -0.2) is 194 Å². The fourth-order valence-corrected chi connectivity index (χ4v) is 16.3. The number of carbonyl (C=O) groups excluding carboxylic acids is 6. The minimum absolute atomic E-state index is 0.0409. The Bertz CT molecular complexity index is 1510. The SMILES string of the molecule is CCOC(=O)C[C@H](NP1(OCCOCCOC)=NP(N[C@@H](CC(=O)OCC)C(=O)OCC)(OCCOCCOC)=NP(N[C@@H](CC(=O)OCC)C(=O)OCC)(OCCOCCOC)=N1)C(=O)OCC. The van der Waals surface area contributed by atoms with Crippen molar-refractivity contribution >= 4 is 58.6 Å². The van der Waals surface area contributed by atoms with Gasteiger partial charge in [0.25, 0.3) is 22.7 Å². The number of nitrogens with one attached hydrogen (secondary N) is 3. The molecule has 0 unspecified atom stereocenters. The monoisotopic (exact) mass is 1060 g/mol. The molecule has 1 aliphatic heterocycles. The average molecular weight is 1060 g/mol. The van der Waals surface area contributed by atoms with Gasteiger partial charge in [0.2, 0.25) is 0 Å². The van der Waals surface area contributed by atoms with Gasteiger partial charge < -0.3 is 70.4 Å². The van der Waals surface area contributed by atoms with Gasteiger partial charge in [-0.2, -0.15) is 13.5 Å². The Morgan fingerprint density at radius 1 is 0.362 bits per heavy atom. The van der Waals surface area contributed by atoms with E-state index in [0.717, 1.165) is 0 Å². The van der Waals surface area contributed by atoms with E-state index >= 15 is 0 Å². The van der Waals surface area contributed by atoms with Crippen LogP contribution in [0.3, 0.4) is 0 Å². The third-order valence-corrected chi connectivity index (χ3v) is 17.6. The average Bonchev–Trinajstić information content (AvgIpc) is 3.29. The molecule has 0 aromatic carbocycles. The van der Waals surface area contributed by atoms with Gasteiger partial charge in [-0.15, -0.1) is 0 Å². The molecule has 3 N–H and O–H groups in total. The van der Waals surface area contributed by atoms with Crippen molar-refractivity contribution in [2.24, 2.45) is 13.5 Å². The van der Waals surface area contributed by atoms with Crippen LogP contribution in [0.15, 0.2) is 13.5 Å². The van der Waals surface area contributed by atoms with Gasteiger partial charge in [-0.1, -0.05) is 0 Å². The Hall–Kier alpha value is -2.97. The minimum Gasteiger partial charge on any atom is -0.466 e. The number of ether oxygens (including phenoxy) is 12. The summed E-state index contributed by atoms with van der Waals surface area (Å²) in [5, 5.41) is 9.04. The van der Waals surface area contributed by atoms with Crippen molar-refractivity contribution in [3.05, 3.63) is 0 Å². The van der Waals surface area contributed by atoms with E-state index in [0.29, 0.717) is 0 Å². The maximum absolute atomic E-state index is 13.9. The van der Waals surface area contributed by atoms with Crippen molar-refractivity contribution in [2.45, 2.75) is 78.9 Å². The summed E-state index contributed by atoms with van der Waals surface area (Å²) in [7, 11) is -8.96. The second kappa shape index (κ2) is 37.8. The molecule has 0 saturated heterocycles. The first-order valence-corrected chi connectivity index (χ1v) is 27.4. The van der Waals surface area contributed by atoms with Gasteiger partial charge >= 0.3 is 35.8 Å². The van der Waals surface area contributed by atoms with Crippen LogP contribution in [0.1, 0.15) is 60.8 Å². The van der Waals surface area contributed by atoms with Crippen LogP contribution in [0.4, 0.5) is 0 Å². The molecule has 1 heterocycles. The first kappa shape index (κ1) is 64.0. The van der Waals surface area contributed by atoms with E-state index in [1.54, 1.807) is 41.5 Å². The molecular formula is C39H75N6O21P3. The zero-order chi connectivity index (χ0) is 51.4. The fourth-order valence-electron chi connectivity index (χ4n) is 5.41. The van der Waals surface area contributed by atoms with Crippen molar-refractivity contribution in [3.63, 3.8) is 0 Å². The molecule has 0 spiro atoms. The Kier molecular flexibility index (Phi) is 35.0. The third kappa shape index (κ3) is 26.3. The molecule has 0 radical (unpaired) electrons. The molecular weight excluding hydrogens is 981 g/mol. The van der Waals surface area contributed by atoms with Crippen molar-refractivity contribution in [3.8, 4) is 0 Å². The lowest BCUT2D eigenvalue weighted by Gasteiger charge is -2.38. The van der Waals surface area contributed by atoms with E-state index in [4.69, 9.17) is 84.0 Å². The number of hydrogen-bond acceptors (Lipinski definition) is 27. The number of carbonyl (C=O) groups is 6. The summed E-state index contributed by atoms with van der Waals surface area (Å²) in [5.74, 6) is -5.34. The molecule has 3 atom stereocenters. The minimum atomic E-state index is -4.48. The van der Waals surface area contributed by atoms with Crippen molar-refractivity contribution in [2.75, 3.05) is 140 Å². The quantitative estimate of drug-likeness (QED) is 0.0342. The number of esters is 6. The molecule has 0 saturated carbocycles. The van der Waals surface area contributed by atoms with Gasteiger partial charge in [0.15, 0.2) is 0 Å². The largest absolute Gasteiger partial charge is 0.466 e. The molecule has 0 fully saturated rings. The summed E-state index contributed by atoms with van der Waals surface area (Å²) >= 11 is 0. The second-order valence-electron chi connectivity index (χ2n) is 13.5. The van der Waals surface area contributed by atoms with Gasteiger partial charge in [-0.25, -0.2) is 15.3 Å². The lowest BCUT2D eigenvalue weighted by atomic mass is 10.2. The molecule has 1 aliphatic rings. The van der Waals surface area contributed by atoms with Crippen LogP contribution >= 0.6 is 22.7 Å². The third-order valence-electron chi connectivity index (χ3n) is 8.23. The van der Waals surface area contributed by atoms with Crippen molar-refractivity contribution in [1.82, 2.24) is 15.3 Å². The van der Waals surface area contributed by atoms with Crippen molar-refractivity contribution in [1.29, 1.82) is 0 Å². The van der Waals surface area contributed by atoms with Crippen LogP contribution in [-0.2, 0) is 99.2 Å². The van der Waals surface area contributed by atoms with Gasteiger partial charge in [0, 0.05) is 21.3 Å². The number of nitrogens with zero attached hydrogens (tertiary/aromatic N) is 3. The topological polar surface area (TPSA) is 314 Å². The van der Waals surface area contributed by atoms with E-state index in [-0.39, 0.29) is 119 Å². The Balaban J connectivity index is 4.77. The molecule has 0 amide bonds. The maximum atomic E-state index is 13.9. The van der Waals surface area contributed by atoms with Crippen LogP contribution in [0.5, 0.6) is 0 Å². The van der Waals surface area contributed by atoms with Gasteiger partial charge in [0.1, 0.15) is 18.1 Å². The highest BCUT2D eigenvalue weighted by Gasteiger charge is 2.46. The van der Waals surface area contributed by atoms with E-state index in [9.17, 15) is 28.8 Å². The van der Waals surface area contributed by atoms with Gasteiger partial charge in [-0.3, -0.25) is 28.8 Å². The van der Waals surface area contributed by atoms with Crippen molar-refractivity contribution < 1.29 is 99.2 Å². The lowest BCUT2D eigenvalue weighted by molar-refractivity contribution is -0.151. The summed E-state index contributed by atoms with van der Waals surface area (Å²) in [6.07, 6.45) is -1.94. The first-order chi connectivity index (χ1) is 33.2. The molecule has 0 bridgehead atoms. The normalized spacial score (nSPS) is 20.0. The Morgan fingerprint density at radius 3 is 0.812 bits per heavy atom. The molecule has 402 valence electrons. The summed E-state index contributed by atoms with van der Waals surface area (Å²) in [6.45, 7) is 8.59. The Morgan fingerprint density at radius 2 is 0.594 bits per heavy atom. The highest BCUT2D eigenvalue weighted by atomic mass is 31.3. The summed E-state index contributed by atoms with van der Waals surface area (Å²) in [6, 6.07) is -4.84. The molecule has 69 heavy (non-hydrogen) atoms. The van der Waals surface area contributed by atoms with Crippen LogP contribution < -0.4 is 15.3 Å². The van der Waals surface area contributed by atoms with E-state index in [1.165, 1.54) is 21.3 Å². The predicted molar refractivity (Wildman–Crippen MR) is 248 cm³/mol. The standard InChI is InChI=1S/C39H75N6O21P3/c1-10-58-34(46)28-31(37(49)61-13-4)40-67(64-25-22-55-19-16-52-7)43-68(65-26-23-56-20-17-53-8,41-32(38(50)62-14-5)29-35(47)59-11-2)45-69(44-67,66-27-24-57-21-18-54-9)42-33(39(51)63-15-6)30-36(48)60-12-3/h31-33,40-42H,10-30H2,1-9H3/t31-,32-,33-,67?,68?,69?/m0/s1. The molecule has 27 nitrogen and oxygen atoms in total. The summed E-state index contributed by atoms with van der Waals surface area (Å²) in [4.78, 5) is 81.2. The molecule has 30 heteroatoms. The molecule has 0 aromatic rings. The first-order valence-electron chi connectivity index (χ1n) is 22.5. The second-order valence-corrected chi connectivity index (χ2v) is 20.5. The van der Waals surface area contributed by atoms with E-state index < -0.39 is 96.0 Å². The van der Waals surface area contributed by atoms with E-state index in [1.807, 2.05) is 0 Å². The van der Waals surface area contributed by atoms with Gasteiger partial charge in [-0.05, 0) is 41.5 Å². The lowest BCUT2D eigenvalue weighted by Crippen LogP contribution is -2.42. The van der Waals surface area contributed by atoms with Crippen LogP contribution in [0.25, 0.3) is 0 Å². The van der Waals surface area contributed by atoms with Crippen LogP contribution in [0, 0.1) is 0 Å². The number of methoxy groups -OCH3 is 3. The smallest absolute Gasteiger partial charge is 0.324 e. The highest BCUT2D eigenvalue weighted by Crippen LogP contribution is 2.76. The number of hydrogen-bond donors (Lipinski definition) is 3. The number of rotatable bonds is 42. The Labute approximate surface area is 404 Å². The van der Waals surface area contributed by atoms with Crippen LogP contribution in [0.2, 0.25) is 0 Å². The molecule has 0 aliphatic carbocycles. The molecule has 1 rings (SSSR count). The van der Waals surface area contributed by atoms with E-state index in [2.05, 4.69) is 15.3 Å². The van der Waals surface area contributed by atoms with Gasteiger partial charge in [0.05, 0.1) is 138 Å². The fraction of sp³-hybridized carbons (Fsp3) is 0.846. The summed E-state index contributed by atoms with van der Waals surface area (Å²) < 4.78 is 99.2. The zero-order valence-electron chi connectivity index (χ0n) is 41.3. The zero-order valence-corrected chi connectivity index (χ0v) is 44.0. The maximum Gasteiger partial charge on any atom is 0.324 e. The predicted octanol–water partition coefficient (Wildman–Crippen LogP) is 3.30. The molecule has 0 aromatic heterocycles.